The van der Waals surface area contributed by atoms with E-state index in [1.165, 1.54) is 27.9 Å². The van der Waals surface area contributed by atoms with Crippen LogP contribution < -0.4 is 0 Å². The second-order valence-corrected chi connectivity index (χ2v) is 6.41. The molecule has 1 aliphatic rings. The van der Waals surface area contributed by atoms with E-state index in [1.54, 1.807) is 12.1 Å². The maximum absolute atomic E-state index is 9.70. The number of rotatable bonds is 4. The molecule has 3 rings (SSSR count). The van der Waals surface area contributed by atoms with Crippen molar-refractivity contribution in [2.75, 3.05) is 0 Å². The molecule has 2 aromatic rings. The summed E-state index contributed by atoms with van der Waals surface area (Å²) in [4.78, 5) is 0. The van der Waals surface area contributed by atoms with Gasteiger partial charge < -0.3 is 5.11 Å². The van der Waals surface area contributed by atoms with Crippen LogP contribution in [0.3, 0.4) is 0 Å². The molecular formula is C24H24O. The first kappa shape index (κ1) is 17.0. The Morgan fingerprint density at radius 2 is 1.64 bits per heavy atom. The van der Waals surface area contributed by atoms with Crippen molar-refractivity contribution in [2.24, 2.45) is 0 Å². The van der Waals surface area contributed by atoms with Crippen molar-refractivity contribution in [3.63, 3.8) is 0 Å². The smallest absolute Gasteiger partial charge is 0.115 e. The topological polar surface area (TPSA) is 20.2 Å². The molecule has 0 fully saturated rings. The van der Waals surface area contributed by atoms with E-state index in [0.717, 1.165) is 24.8 Å². The quantitative estimate of drug-likeness (QED) is 0.631. The van der Waals surface area contributed by atoms with Gasteiger partial charge in [-0.25, -0.2) is 0 Å². The fraction of sp³-hybridized carbons (Fsp3) is 0.167. The maximum Gasteiger partial charge on any atom is 0.115 e. The number of benzene rings is 2. The van der Waals surface area contributed by atoms with Crippen molar-refractivity contribution in [3.8, 4) is 5.75 Å². The maximum atomic E-state index is 9.70. The molecule has 0 saturated carbocycles. The van der Waals surface area contributed by atoms with Gasteiger partial charge in [-0.2, -0.15) is 0 Å². The zero-order valence-corrected chi connectivity index (χ0v) is 14.7. The molecule has 0 saturated heterocycles. The molecule has 25 heavy (non-hydrogen) atoms. The molecule has 1 aliphatic carbocycles. The van der Waals surface area contributed by atoms with Crippen LogP contribution in [0.2, 0.25) is 0 Å². The summed E-state index contributed by atoms with van der Waals surface area (Å²) < 4.78 is 0. The average Bonchev–Trinajstić information content (AvgIpc) is 2.80. The highest BCUT2D eigenvalue weighted by molar-refractivity contribution is 6.00. The average molecular weight is 328 g/mol. The number of hydrogen-bond acceptors (Lipinski definition) is 1. The van der Waals surface area contributed by atoms with Crippen molar-refractivity contribution >= 4 is 11.1 Å². The van der Waals surface area contributed by atoms with E-state index >= 15 is 0 Å². The first-order chi connectivity index (χ1) is 12.2. The number of hydrogen-bond donors (Lipinski definition) is 1. The lowest BCUT2D eigenvalue weighted by molar-refractivity contribution is 0.475. The SMILES string of the molecule is C=C/C=C\C1=C(C)CCCC(c2ccccc2)=C1c1ccc(O)cc1. The Kier molecular flexibility index (Phi) is 5.35. The van der Waals surface area contributed by atoms with Crippen molar-refractivity contribution < 1.29 is 5.11 Å². The van der Waals surface area contributed by atoms with Crippen LogP contribution in [0, 0.1) is 0 Å². The van der Waals surface area contributed by atoms with Gasteiger partial charge in [-0.1, -0.05) is 72.8 Å². The van der Waals surface area contributed by atoms with Gasteiger partial charge in [0.15, 0.2) is 0 Å². The van der Waals surface area contributed by atoms with Crippen LogP contribution in [0.25, 0.3) is 11.1 Å². The zero-order chi connectivity index (χ0) is 17.6. The van der Waals surface area contributed by atoms with E-state index in [1.807, 2.05) is 24.3 Å². The Bertz CT molecular complexity index is 833. The second kappa shape index (κ2) is 7.85. The minimum atomic E-state index is 0.295. The molecule has 2 aromatic carbocycles. The Morgan fingerprint density at radius 1 is 0.920 bits per heavy atom. The lowest BCUT2D eigenvalue weighted by Crippen LogP contribution is -1.95. The fourth-order valence-corrected chi connectivity index (χ4v) is 3.44. The standard InChI is InChI=1S/C24H24O/c1-3-4-12-22-18(2)9-8-13-23(19-10-6-5-7-11-19)24(22)20-14-16-21(25)17-15-20/h3-7,10-12,14-17,25H,1,8-9,13H2,2H3/b12-4-. The van der Waals surface area contributed by atoms with Gasteiger partial charge in [-0.05, 0) is 66.2 Å². The molecule has 1 heteroatoms. The first-order valence-electron chi connectivity index (χ1n) is 8.78. The van der Waals surface area contributed by atoms with Gasteiger partial charge in [0, 0.05) is 0 Å². The van der Waals surface area contributed by atoms with E-state index in [-0.39, 0.29) is 0 Å². The van der Waals surface area contributed by atoms with Crippen LogP contribution >= 0.6 is 0 Å². The van der Waals surface area contributed by atoms with Crippen LogP contribution in [0.4, 0.5) is 0 Å². The summed E-state index contributed by atoms with van der Waals surface area (Å²) in [6, 6.07) is 18.2. The van der Waals surface area contributed by atoms with Crippen LogP contribution in [0.1, 0.15) is 37.3 Å². The van der Waals surface area contributed by atoms with Gasteiger partial charge in [0.05, 0.1) is 0 Å². The van der Waals surface area contributed by atoms with Crippen LogP contribution in [0.15, 0.2) is 90.6 Å². The molecule has 126 valence electrons. The summed E-state index contributed by atoms with van der Waals surface area (Å²) in [5, 5.41) is 9.70. The van der Waals surface area contributed by atoms with Crippen LogP contribution in [-0.2, 0) is 0 Å². The summed E-state index contributed by atoms with van der Waals surface area (Å²) in [7, 11) is 0. The number of phenolic OH excluding ortho intramolecular Hbond substituents is 1. The highest BCUT2D eigenvalue weighted by atomic mass is 16.3. The third kappa shape index (κ3) is 3.83. The van der Waals surface area contributed by atoms with Crippen LogP contribution in [-0.4, -0.2) is 5.11 Å². The first-order valence-corrected chi connectivity index (χ1v) is 8.78. The highest BCUT2D eigenvalue weighted by Gasteiger charge is 2.19. The van der Waals surface area contributed by atoms with Gasteiger partial charge >= 0.3 is 0 Å². The third-order valence-electron chi connectivity index (χ3n) is 4.69. The van der Waals surface area contributed by atoms with Gasteiger partial charge in [0.2, 0.25) is 0 Å². The van der Waals surface area contributed by atoms with Gasteiger partial charge in [-0.3, -0.25) is 0 Å². The number of aromatic hydroxyl groups is 1. The zero-order valence-electron chi connectivity index (χ0n) is 14.7. The van der Waals surface area contributed by atoms with E-state index in [9.17, 15) is 5.11 Å². The lowest BCUT2D eigenvalue weighted by Gasteiger charge is -2.17. The molecule has 0 atom stereocenters. The number of phenols is 1. The minimum absolute atomic E-state index is 0.295. The summed E-state index contributed by atoms with van der Waals surface area (Å²) >= 11 is 0. The fourth-order valence-electron chi connectivity index (χ4n) is 3.44. The van der Waals surface area contributed by atoms with Gasteiger partial charge in [0.25, 0.3) is 0 Å². The molecule has 1 nitrogen and oxygen atoms in total. The summed E-state index contributed by atoms with van der Waals surface area (Å²) in [5.41, 5.74) is 7.70. The van der Waals surface area contributed by atoms with E-state index in [0.29, 0.717) is 5.75 Å². The molecule has 0 unspecified atom stereocenters. The van der Waals surface area contributed by atoms with Crippen molar-refractivity contribution in [3.05, 3.63) is 102 Å². The molecule has 0 spiro atoms. The molecule has 0 amide bonds. The molecule has 1 N–H and O–H groups in total. The van der Waals surface area contributed by atoms with Gasteiger partial charge in [-0.15, -0.1) is 0 Å². The minimum Gasteiger partial charge on any atom is -0.508 e. The van der Waals surface area contributed by atoms with Crippen molar-refractivity contribution in [1.82, 2.24) is 0 Å². The molecule has 0 bridgehead atoms. The number of allylic oxidation sites excluding steroid dienone is 7. The Hall–Kier alpha value is -2.80. The molecule has 0 heterocycles. The lowest BCUT2D eigenvalue weighted by atomic mass is 9.87. The van der Waals surface area contributed by atoms with E-state index < -0.39 is 0 Å². The van der Waals surface area contributed by atoms with Crippen molar-refractivity contribution in [1.29, 1.82) is 0 Å². The van der Waals surface area contributed by atoms with Crippen molar-refractivity contribution in [2.45, 2.75) is 26.2 Å². The Labute approximate surface area is 150 Å². The Morgan fingerprint density at radius 3 is 2.32 bits per heavy atom. The summed E-state index contributed by atoms with van der Waals surface area (Å²) in [6.07, 6.45) is 9.27. The van der Waals surface area contributed by atoms with E-state index in [2.05, 4.69) is 49.9 Å². The second-order valence-electron chi connectivity index (χ2n) is 6.41. The highest BCUT2D eigenvalue weighted by Crippen LogP contribution is 2.41. The molecule has 0 aromatic heterocycles. The predicted octanol–water partition coefficient (Wildman–Crippen LogP) is 6.55. The van der Waals surface area contributed by atoms with Crippen LogP contribution in [0.5, 0.6) is 5.75 Å². The molecule has 0 radical (unpaired) electrons. The normalized spacial score (nSPS) is 15.6. The largest absolute Gasteiger partial charge is 0.508 e. The molecular weight excluding hydrogens is 304 g/mol. The predicted molar refractivity (Wildman–Crippen MR) is 107 cm³/mol. The summed E-state index contributed by atoms with van der Waals surface area (Å²) in [6.45, 7) is 6.04. The molecule has 0 aliphatic heterocycles. The van der Waals surface area contributed by atoms with Gasteiger partial charge in [0.1, 0.15) is 5.75 Å². The van der Waals surface area contributed by atoms with E-state index in [4.69, 9.17) is 0 Å². The third-order valence-corrected chi connectivity index (χ3v) is 4.69. The summed E-state index contributed by atoms with van der Waals surface area (Å²) in [5.74, 6) is 0.295. The Balaban J connectivity index is 2.28. The monoisotopic (exact) mass is 328 g/mol.